The molecule has 0 saturated heterocycles. The first kappa shape index (κ1) is 13.2. The average molecular weight is 276 g/mol. The van der Waals surface area contributed by atoms with Gasteiger partial charge in [0.1, 0.15) is 11.4 Å². The zero-order chi connectivity index (χ0) is 14.0. The number of carbonyl (C=O) groups is 1. The molecule has 0 radical (unpaired) electrons. The number of H-pyrrole nitrogens is 1. The van der Waals surface area contributed by atoms with Gasteiger partial charge in [0.15, 0.2) is 4.77 Å². The van der Waals surface area contributed by atoms with Gasteiger partial charge in [-0.25, -0.2) is 9.78 Å². The fraction of sp³-hybridized carbons (Fsp3) is 0.154. The third-order valence-electron chi connectivity index (χ3n) is 2.61. The van der Waals surface area contributed by atoms with Crippen molar-refractivity contribution in [2.75, 3.05) is 7.11 Å². The Labute approximate surface area is 114 Å². The van der Waals surface area contributed by atoms with E-state index in [0.717, 1.165) is 5.56 Å². The van der Waals surface area contributed by atoms with Crippen molar-refractivity contribution in [1.82, 2.24) is 9.97 Å². The smallest absolute Gasteiger partial charge is 0.352 e. The molecule has 5 nitrogen and oxygen atoms in total. The van der Waals surface area contributed by atoms with Gasteiger partial charge in [-0.1, -0.05) is 11.6 Å². The van der Waals surface area contributed by atoms with Gasteiger partial charge in [-0.05, 0) is 37.3 Å². The molecule has 2 rings (SSSR count). The van der Waals surface area contributed by atoms with Gasteiger partial charge in [-0.3, -0.25) is 0 Å². The second kappa shape index (κ2) is 5.19. The van der Waals surface area contributed by atoms with Gasteiger partial charge >= 0.3 is 5.97 Å². The first-order valence-electron chi connectivity index (χ1n) is 5.51. The Morgan fingerprint density at radius 2 is 2.16 bits per heavy atom. The molecule has 0 fully saturated rings. The number of aryl methyl sites for hydroxylation is 1. The summed E-state index contributed by atoms with van der Waals surface area (Å²) >= 11 is 4.95. The van der Waals surface area contributed by atoms with Crippen molar-refractivity contribution < 1.29 is 14.6 Å². The van der Waals surface area contributed by atoms with Crippen molar-refractivity contribution in [2.24, 2.45) is 0 Å². The lowest BCUT2D eigenvalue weighted by Gasteiger charge is -2.09. The van der Waals surface area contributed by atoms with Gasteiger partial charge < -0.3 is 14.8 Å². The molecular weight excluding hydrogens is 264 g/mol. The van der Waals surface area contributed by atoms with Gasteiger partial charge in [0.2, 0.25) is 0 Å². The highest BCUT2D eigenvalue weighted by Gasteiger charge is 2.11. The third kappa shape index (κ3) is 2.79. The maximum absolute atomic E-state index is 11.0. The lowest BCUT2D eigenvalue weighted by Crippen LogP contribution is -2.03. The van der Waals surface area contributed by atoms with E-state index >= 15 is 0 Å². The first-order chi connectivity index (χ1) is 9.01. The van der Waals surface area contributed by atoms with E-state index in [1.807, 2.05) is 25.1 Å². The highest BCUT2D eigenvalue weighted by molar-refractivity contribution is 7.71. The summed E-state index contributed by atoms with van der Waals surface area (Å²) in [5.74, 6) is -0.462. The van der Waals surface area contributed by atoms with Gasteiger partial charge in [0.25, 0.3) is 0 Å². The molecule has 2 aromatic rings. The second-order valence-corrected chi connectivity index (χ2v) is 4.38. The number of aromatic carboxylic acids is 1. The summed E-state index contributed by atoms with van der Waals surface area (Å²) in [6, 6.07) is 7.04. The van der Waals surface area contributed by atoms with Gasteiger partial charge in [0.05, 0.1) is 12.8 Å². The molecule has 0 unspecified atom stereocenters. The van der Waals surface area contributed by atoms with Crippen LogP contribution < -0.4 is 4.74 Å². The number of benzene rings is 1. The second-order valence-electron chi connectivity index (χ2n) is 3.99. The highest BCUT2D eigenvalue weighted by atomic mass is 32.1. The number of hydrogen-bond donors (Lipinski definition) is 2. The van der Waals surface area contributed by atoms with E-state index in [9.17, 15) is 4.79 Å². The summed E-state index contributed by atoms with van der Waals surface area (Å²) in [6.45, 7) is 1.94. The van der Waals surface area contributed by atoms with Crippen molar-refractivity contribution in [3.05, 3.63) is 40.3 Å². The van der Waals surface area contributed by atoms with Crippen LogP contribution in [0.15, 0.2) is 24.3 Å². The zero-order valence-electron chi connectivity index (χ0n) is 10.4. The average Bonchev–Trinajstić information content (AvgIpc) is 2.37. The molecule has 0 aliphatic carbocycles. The molecule has 0 atom stereocenters. The molecule has 6 heteroatoms. The molecule has 0 saturated carbocycles. The monoisotopic (exact) mass is 276 g/mol. The summed E-state index contributed by atoms with van der Waals surface area (Å²) in [7, 11) is 1.55. The van der Waals surface area contributed by atoms with Crippen molar-refractivity contribution in [3.8, 4) is 17.0 Å². The van der Waals surface area contributed by atoms with Crippen LogP contribution in [0.5, 0.6) is 5.75 Å². The summed E-state index contributed by atoms with van der Waals surface area (Å²) in [5, 5.41) is 9.03. The number of aromatic nitrogens is 2. The Balaban J connectivity index is 2.68. The SMILES string of the molecule is COc1ccc(C)cc1-c1cc(C(=O)O)[nH]c(=S)n1. The molecule has 19 heavy (non-hydrogen) atoms. The topological polar surface area (TPSA) is 75.2 Å². The fourth-order valence-corrected chi connectivity index (χ4v) is 1.94. The predicted molar refractivity (Wildman–Crippen MR) is 73.1 cm³/mol. The lowest BCUT2D eigenvalue weighted by molar-refractivity contribution is 0.0690. The van der Waals surface area contributed by atoms with Crippen molar-refractivity contribution >= 4 is 18.2 Å². The van der Waals surface area contributed by atoms with E-state index in [1.165, 1.54) is 6.07 Å². The number of nitrogens with zero attached hydrogens (tertiary/aromatic N) is 1. The molecule has 0 aliphatic heterocycles. The Kier molecular flexibility index (Phi) is 3.62. The molecule has 1 heterocycles. The summed E-state index contributed by atoms with van der Waals surface area (Å²) in [6.07, 6.45) is 0. The molecule has 1 aromatic heterocycles. The quantitative estimate of drug-likeness (QED) is 0.843. The summed E-state index contributed by atoms with van der Waals surface area (Å²) in [4.78, 5) is 17.7. The molecule has 0 bridgehead atoms. The maximum Gasteiger partial charge on any atom is 0.352 e. The largest absolute Gasteiger partial charge is 0.496 e. The minimum absolute atomic E-state index is 0.00133. The van der Waals surface area contributed by atoms with Crippen LogP contribution in [0.1, 0.15) is 16.1 Å². The van der Waals surface area contributed by atoms with Crippen LogP contribution in [0, 0.1) is 11.7 Å². The number of carboxylic acids is 1. The van der Waals surface area contributed by atoms with Gasteiger partial charge in [0, 0.05) is 5.56 Å². The van der Waals surface area contributed by atoms with Crippen LogP contribution in [-0.4, -0.2) is 28.2 Å². The van der Waals surface area contributed by atoms with Crippen molar-refractivity contribution in [3.63, 3.8) is 0 Å². The Morgan fingerprint density at radius 1 is 1.42 bits per heavy atom. The van der Waals surface area contributed by atoms with Crippen LogP contribution in [0.25, 0.3) is 11.3 Å². The number of carboxylic acid groups (broad SMARTS) is 1. The number of rotatable bonds is 3. The zero-order valence-corrected chi connectivity index (χ0v) is 11.2. The standard InChI is InChI=1S/C13H12N2O3S/c1-7-3-4-11(18-2)8(5-7)9-6-10(12(16)17)15-13(19)14-9/h3-6H,1-2H3,(H,16,17)(H,14,15,19). The van der Waals surface area contributed by atoms with Crippen LogP contribution in [0.2, 0.25) is 0 Å². The molecule has 1 aromatic carbocycles. The van der Waals surface area contributed by atoms with Crippen LogP contribution in [-0.2, 0) is 0 Å². The van der Waals surface area contributed by atoms with E-state index < -0.39 is 5.97 Å². The Hall–Kier alpha value is -2.21. The van der Waals surface area contributed by atoms with E-state index in [1.54, 1.807) is 7.11 Å². The molecule has 2 N–H and O–H groups in total. The maximum atomic E-state index is 11.0. The van der Waals surface area contributed by atoms with Crippen LogP contribution in [0.3, 0.4) is 0 Å². The predicted octanol–water partition coefficient (Wildman–Crippen LogP) is 2.82. The van der Waals surface area contributed by atoms with Gasteiger partial charge in [-0.2, -0.15) is 0 Å². The number of aromatic amines is 1. The molecule has 0 spiro atoms. The number of methoxy groups -OCH3 is 1. The molecule has 0 amide bonds. The third-order valence-corrected chi connectivity index (χ3v) is 2.80. The number of hydrogen-bond acceptors (Lipinski definition) is 4. The van der Waals surface area contributed by atoms with Gasteiger partial charge in [-0.15, -0.1) is 0 Å². The van der Waals surface area contributed by atoms with E-state index in [2.05, 4.69) is 9.97 Å². The van der Waals surface area contributed by atoms with E-state index in [4.69, 9.17) is 22.1 Å². The molecular formula is C13H12N2O3S. The summed E-state index contributed by atoms with van der Waals surface area (Å²) in [5.41, 5.74) is 2.21. The van der Waals surface area contributed by atoms with Crippen molar-refractivity contribution in [2.45, 2.75) is 6.92 Å². The minimum Gasteiger partial charge on any atom is -0.496 e. The highest BCUT2D eigenvalue weighted by Crippen LogP contribution is 2.29. The lowest BCUT2D eigenvalue weighted by atomic mass is 10.1. The Morgan fingerprint density at radius 3 is 2.79 bits per heavy atom. The minimum atomic E-state index is -1.08. The van der Waals surface area contributed by atoms with E-state index in [-0.39, 0.29) is 10.5 Å². The Bertz CT molecular complexity index is 695. The molecule has 98 valence electrons. The summed E-state index contributed by atoms with van der Waals surface area (Å²) < 4.78 is 5.39. The number of ether oxygens (including phenoxy) is 1. The fourth-order valence-electron chi connectivity index (χ4n) is 1.73. The first-order valence-corrected chi connectivity index (χ1v) is 5.92. The van der Waals surface area contributed by atoms with Crippen LogP contribution >= 0.6 is 12.2 Å². The molecule has 0 aliphatic rings. The normalized spacial score (nSPS) is 10.2. The van der Waals surface area contributed by atoms with Crippen LogP contribution in [0.4, 0.5) is 0 Å². The van der Waals surface area contributed by atoms with Crippen molar-refractivity contribution in [1.29, 1.82) is 0 Å². The number of nitrogens with one attached hydrogen (secondary N) is 1. The van der Waals surface area contributed by atoms with E-state index in [0.29, 0.717) is 17.0 Å².